The summed E-state index contributed by atoms with van der Waals surface area (Å²) in [6, 6.07) is 0. The molecule has 0 spiro atoms. The fourth-order valence-electron chi connectivity index (χ4n) is 4.94. The first-order valence-electron chi connectivity index (χ1n) is 6.85. The molecule has 4 fully saturated rings. The van der Waals surface area contributed by atoms with Crippen LogP contribution in [0, 0.1) is 41.4 Å². The fourth-order valence-corrected chi connectivity index (χ4v) is 4.94. The molecule has 1 heteroatoms. The average molecular weight is 218 g/mol. The molecule has 0 aromatic rings. The lowest BCUT2D eigenvalue weighted by molar-refractivity contribution is -0.0875. The van der Waals surface area contributed by atoms with E-state index in [0.717, 1.165) is 23.7 Å². The van der Waals surface area contributed by atoms with Gasteiger partial charge in [-0.3, -0.25) is 0 Å². The fraction of sp³-hybridized carbons (Fsp3) is 0.867. The lowest BCUT2D eigenvalue weighted by Crippen LogP contribution is -2.49. The van der Waals surface area contributed by atoms with Gasteiger partial charge in [-0.1, -0.05) is 0 Å². The molecular weight excluding hydrogens is 196 g/mol. The second-order valence-electron chi connectivity index (χ2n) is 6.21. The second kappa shape index (κ2) is 4.08. The van der Waals surface area contributed by atoms with Gasteiger partial charge in [-0.15, -0.1) is 11.8 Å². The third kappa shape index (κ3) is 1.68. The zero-order chi connectivity index (χ0) is 11.1. The highest BCUT2D eigenvalue weighted by atomic mass is 16.3. The number of aliphatic hydroxyl groups is 1. The Hall–Kier alpha value is -0.480. The molecule has 0 aliphatic heterocycles. The number of rotatable bonds is 2. The molecule has 4 aliphatic rings. The Balaban J connectivity index is 1.73. The zero-order valence-electron chi connectivity index (χ0n) is 10.2. The summed E-state index contributed by atoms with van der Waals surface area (Å²) in [6.45, 7) is 1.86. The van der Waals surface area contributed by atoms with Gasteiger partial charge in [0.05, 0.1) is 6.10 Å². The number of aliphatic hydroxyl groups excluding tert-OH is 1. The smallest absolute Gasteiger partial charge is 0.0682 e. The van der Waals surface area contributed by atoms with Crippen LogP contribution in [0.15, 0.2) is 0 Å². The lowest BCUT2D eigenvalue weighted by Gasteiger charge is -2.55. The van der Waals surface area contributed by atoms with Gasteiger partial charge in [0.15, 0.2) is 0 Å². The molecule has 0 aromatic heterocycles. The van der Waals surface area contributed by atoms with Crippen LogP contribution in [0.5, 0.6) is 0 Å². The molecule has 4 bridgehead atoms. The maximum Gasteiger partial charge on any atom is 0.0682 e. The standard InChI is InChI=1S/C15H22O/c1-2-3-4-14(16)15-12-6-10-5-11(8-12)9-13(15)7-10/h10-16H,4-9H2,1H3. The van der Waals surface area contributed by atoms with Gasteiger partial charge in [0, 0.05) is 6.42 Å². The summed E-state index contributed by atoms with van der Waals surface area (Å²) in [5.74, 6) is 10.2. The van der Waals surface area contributed by atoms with Crippen LogP contribution in [0.1, 0.15) is 45.4 Å². The molecule has 88 valence electrons. The van der Waals surface area contributed by atoms with Crippen molar-refractivity contribution < 1.29 is 5.11 Å². The van der Waals surface area contributed by atoms with Crippen LogP contribution in [-0.4, -0.2) is 11.2 Å². The van der Waals surface area contributed by atoms with Gasteiger partial charge in [0.2, 0.25) is 0 Å². The van der Waals surface area contributed by atoms with Crippen molar-refractivity contribution in [3.8, 4) is 11.8 Å². The largest absolute Gasteiger partial charge is 0.392 e. The van der Waals surface area contributed by atoms with E-state index in [0.29, 0.717) is 12.3 Å². The van der Waals surface area contributed by atoms with Crippen molar-refractivity contribution in [2.24, 2.45) is 29.6 Å². The van der Waals surface area contributed by atoms with Crippen LogP contribution in [0.25, 0.3) is 0 Å². The molecule has 1 unspecified atom stereocenters. The molecule has 1 atom stereocenters. The second-order valence-corrected chi connectivity index (χ2v) is 6.21. The van der Waals surface area contributed by atoms with Crippen molar-refractivity contribution in [2.45, 2.75) is 51.6 Å². The highest BCUT2D eigenvalue weighted by Gasteiger charge is 2.49. The molecule has 0 saturated heterocycles. The van der Waals surface area contributed by atoms with E-state index in [4.69, 9.17) is 0 Å². The molecule has 0 radical (unpaired) electrons. The van der Waals surface area contributed by atoms with Crippen LogP contribution >= 0.6 is 0 Å². The summed E-state index contributed by atoms with van der Waals surface area (Å²) in [5.41, 5.74) is 0. The normalized spacial score (nSPS) is 46.2. The Kier molecular flexibility index (Phi) is 2.72. The average Bonchev–Trinajstić information content (AvgIpc) is 2.24. The van der Waals surface area contributed by atoms with E-state index in [2.05, 4.69) is 11.8 Å². The van der Waals surface area contributed by atoms with E-state index in [-0.39, 0.29) is 6.10 Å². The first-order valence-corrected chi connectivity index (χ1v) is 6.85. The van der Waals surface area contributed by atoms with Crippen LogP contribution < -0.4 is 0 Å². The van der Waals surface area contributed by atoms with E-state index >= 15 is 0 Å². The SMILES string of the molecule is CC#CCC(O)C1C2CC3CC(C2)CC1C3. The Labute approximate surface area is 98.6 Å². The summed E-state index contributed by atoms with van der Waals surface area (Å²) in [5, 5.41) is 10.3. The van der Waals surface area contributed by atoms with E-state index in [1.165, 1.54) is 32.1 Å². The van der Waals surface area contributed by atoms with Crippen molar-refractivity contribution in [1.82, 2.24) is 0 Å². The van der Waals surface area contributed by atoms with Gasteiger partial charge in [-0.25, -0.2) is 0 Å². The van der Waals surface area contributed by atoms with E-state index in [1.54, 1.807) is 0 Å². The lowest BCUT2D eigenvalue weighted by atomic mass is 9.50. The van der Waals surface area contributed by atoms with Gasteiger partial charge < -0.3 is 5.11 Å². The van der Waals surface area contributed by atoms with E-state index in [1.807, 2.05) is 6.92 Å². The predicted molar refractivity (Wildman–Crippen MR) is 64.6 cm³/mol. The Morgan fingerprint density at radius 3 is 2.12 bits per heavy atom. The molecule has 16 heavy (non-hydrogen) atoms. The van der Waals surface area contributed by atoms with Gasteiger partial charge >= 0.3 is 0 Å². The minimum atomic E-state index is -0.151. The highest BCUT2D eigenvalue weighted by molar-refractivity contribution is 5.04. The predicted octanol–water partition coefficient (Wildman–Crippen LogP) is 2.83. The van der Waals surface area contributed by atoms with E-state index in [9.17, 15) is 5.11 Å². The maximum atomic E-state index is 10.3. The topological polar surface area (TPSA) is 20.2 Å². The van der Waals surface area contributed by atoms with Gasteiger partial charge in [-0.05, 0) is 68.6 Å². The highest BCUT2D eigenvalue weighted by Crippen LogP contribution is 2.57. The number of hydrogen-bond acceptors (Lipinski definition) is 1. The van der Waals surface area contributed by atoms with Crippen LogP contribution in [0.2, 0.25) is 0 Å². The molecule has 0 amide bonds. The van der Waals surface area contributed by atoms with Crippen LogP contribution in [-0.2, 0) is 0 Å². The third-order valence-electron chi connectivity index (χ3n) is 5.23. The zero-order valence-corrected chi connectivity index (χ0v) is 10.2. The minimum Gasteiger partial charge on any atom is -0.392 e. The van der Waals surface area contributed by atoms with Crippen molar-refractivity contribution in [2.75, 3.05) is 0 Å². The van der Waals surface area contributed by atoms with Gasteiger partial charge in [0.25, 0.3) is 0 Å². The summed E-state index contributed by atoms with van der Waals surface area (Å²) < 4.78 is 0. The van der Waals surface area contributed by atoms with Crippen molar-refractivity contribution in [3.05, 3.63) is 0 Å². The quantitative estimate of drug-likeness (QED) is 0.707. The molecule has 1 nitrogen and oxygen atoms in total. The monoisotopic (exact) mass is 218 g/mol. The van der Waals surface area contributed by atoms with Crippen LogP contribution in [0.4, 0.5) is 0 Å². The first-order chi connectivity index (χ1) is 7.78. The molecule has 0 aromatic carbocycles. The summed E-state index contributed by atoms with van der Waals surface area (Å²) in [7, 11) is 0. The number of hydrogen-bond donors (Lipinski definition) is 1. The Morgan fingerprint density at radius 1 is 1.06 bits per heavy atom. The van der Waals surface area contributed by atoms with Gasteiger partial charge in [0.1, 0.15) is 0 Å². The molecule has 4 rings (SSSR count). The molecular formula is C15H22O. The molecule has 0 heterocycles. The van der Waals surface area contributed by atoms with E-state index < -0.39 is 0 Å². The molecule has 1 N–H and O–H groups in total. The summed E-state index contributed by atoms with van der Waals surface area (Å²) >= 11 is 0. The minimum absolute atomic E-state index is 0.151. The molecule has 4 aliphatic carbocycles. The van der Waals surface area contributed by atoms with Gasteiger partial charge in [-0.2, -0.15) is 0 Å². The van der Waals surface area contributed by atoms with Crippen molar-refractivity contribution >= 4 is 0 Å². The summed E-state index contributed by atoms with van der Waals surface area (Å²) in [6.07, 6.45) is 7.63. The Morgan fingerprint density at radius 2 is 1.62 bits per heavy atom. The summed E-state index contributed by atoms with van der Waals surface area (Å²) in [4.78, 5) is 0. The van der Waals surface area contributed by atoms with Crippen molar-refractivity contribution in [3.63, 3.8) is 0 Å². The van der Waals surface area contributed by atoms with Crippen molar-refractivity contribution in [1.29, 1.82) is 0 Å². The molecule has 4 saturated carbocycles. The first kappa shape index (κ1) is 10.7. The van der Waals surface area contributed by atoms with Crippen LogP contribution in [0.3, 0.4) is 0 Å². The Bertz CT molecular complexity index is 294. The third-order valence-corrected chi connectivity index (χ3v) is 5.23. The maximum absolute atomic E-state index is 10.3.